The average molecular weight is 483 g/mol. The molecular weight excluding hydrogens is 456 g/mol. The molecule has 1 saturated heterocycles. The van der Waals surface area contributed by atoms with Crippen molar-refractivity contribution < 1.29 is 17.9 Å². The van der Waals surface area contributed by atoms with Crippen molar-refractivity contribution in [1.82, 2.24) is 4.31 Å². The SMILES string of the molecule is COc1ccc(S(=O)(=O)N2CCC[C@H](C(=O)Nc3ccccc3Sc3ccccc3)C2)cc1. The monoisotopic (exact) mass is 482 g/mol. The second-order valence-corrected chi connectivity index (χ2v) is 10.8. The number of carbonyl (C=O) groups excluding carboxylic acids is 1. The van der Waals surface area contributed by atoms with Gasteiger partial charge in [0, 0.05) is 22.9 Å². The van der Waals surface area contributed by atoms with E-state index < -0.39 is 15.9 Å². The van der Waals surface area contributed by atoms with Crippen LogP contribution < -0.4 is 10.1 Å². The number of benzene rings is 3. The first-order valence-electron chi connectivity index (χ1n) is 10.7. The second-order valence-electron chi connectivity index (χ2n) is 7.78. The maximum absolute atomic E-state index is 13.1. The van der Waals surface area contributed by atoms with Crippen LogP contribution in [-0.4, -0.2) is 38.8 Å². The highest BCUT2D eigenvalue weighted by atomic mass is 32.2. The number of hydrogen-bond acceptors (Lipinski definition) is 5. The van der Waals surface area contributed by atoms with Crippen LogP contribution in [0, 0.1) is 5.92 Å². The normalized spacial score (nSPS) is 16.8. The fourth-order valence-electron chi connectivity index (χ4n) is 3.78. The zero-order valence-corrected chi connectivity index (χ0v) is 19.9. The van der Waals surface area contributed by atoms with Gasteiger partial charge in [0.05, 0.1) is 23.6 Å². The van der Waals surface area contributed by atoms with E-state index in [-0.39, 0.29) is 17.3 Å². The van der Waals surface area contributed by atoms with Crippen molar-refractivity contribution >= 4 is 33.4 Å². The number of rotatable bonds is 7. The molecule has 1 heterocycles. The lowest BCUT2D eigenvalue weighted by atomic mass is 9.99. The van der Waals surface area contributed by atoms with Gasteiger partial charge >= 0.3 is 0 Å². The molecule has 6 nitrogen and oxygen atoms in total. The van der Waals surface area contributed by atoms with Crippen molar-refractivity contribution in [3.05, 3.63) is 78.9 Å². The zero-order valence-electron chi connectivity index (χ0n) is 18.3. The third kappa shape index (κ3) is 5.58. The van der Waals surface area contributed by atoms with Crippen molar-refractivity contribution in [3.63, 3.8) is 0 Å². The predicted octanol–water partition coefficient (Wildman–Crippen LogP) is 4.89. The van der Waals surface area contributed by atoms with Crippen LogP contribution in [0.25, 0.3) is 0 Å². The summed E-state index contributed by atoms with van der Waals surface area (Å²) in [7, 11) is -2.15. The lowest BCUT2D eigenvalue weighted by molar-refractivity contribution is -0.120. The number of hydrogen-bond donors (Lipinski definition) is 1. The summed E-state index contributed by atoms with van der Waals surface area (Å²) in [4.78, 5) is 15.3. The Kier molecular flexibility index (Phi) is 7.37. The molecule has 3 aromatic rings. The molecule has 1 amide bonds. The Morgan fingerprint density at radius 2 is 1.70 bits per heavy atom. The molecule has 1 aliphatic heterocycles. The van der Waals surface area contributed by atoms with Gasteiger partial charge in [0.1, 0.15) is 5.75 Å². The highest BCUT2D eigenvalue weighted by Crippen LogP contribution is 2.34. The summed E-state index contributed by atoms with van der Waals surface area (Å²) < 4.78 is 32.8. The van der Waals surface area contributed by atoms with Crippen molar-refractivity contribution in [2.24, 2.45) is 5.92 Å². The van der Waals surface area contributed by atoms with Crippen LogP contribution in [0.1, 0.15) is 12.8 Å². The van der Waals surface area contributed by atoms with Crippen LogP contribution >= 0.6 is 11.8 Å². The first-order valence-corrected chi connectivity index (χ1v) is 13.0. The van der Waals surface area contributed by atoms with Crippen LogP contribution in [0.4, 0.5) is 5.69 Å². The van der Waals surface area contributed by atoms with Gasteiger partial charge in [-0.3, -0.25) is 4.79 Å². The minimum absolute atomic E-state index is 0.161. The minimum atomic E-state index is -3.68. The summed E-state index contributed by atoms with van der Waals surface area (Å²) in [5.74, 6) is 0.0178. The van der Waals surface area contributed by atoms with E-state index in [0.717, 1.165) is 15.5 Å². The number of piperidine rings is 1. The van der Waals surface area contributed by atoms with Crippen molar-refractivity contribution in [2.45, 2.75) is 27.5 Å². The number of ether oxygens (including phenoxy) is 1. The summed E-state index contributed by atoms with van der Waals surface area (Å²) in [6.45, 7) is 0.562. The Morgan fingerprint density at radius 1 is 1.00 bits per heavy atom. The van der Waals surface area contributed by atoms with Crippen LogP contribution in [0.3, 0.4) is 0 Å². The smallest absolute Gasteiger partial charge is 0.243 e. The molecule has 1 N–H and O–H groups in total. The van der Waals surface area contributed by atoms with Gasteiger partial charge in [0.25, 0.3) is 0 Å². The number of carbonyl (C=O) groups is 1. The van der Waals surface area contributed by atoms with Gasteiger partial charge in [-0.2, -0.15) is 4.31 Å². The lowest BCUT2D eigenvalue weighted by Gasteiger charge is -2.31. The summed E-state index contributed by atoms with van der Waals surface area (Å²) in [5.41, 5.74) is 0.728. The molecule has 1 fully saturated rings. The molecule has 1 aliphatic rings. The van der Waals surface area contributed by atoms with Crippen LogP contribution in [0.5, 0.6) is 5.75 Å². The summed E-state index contributed by atoms with van der Waals surface area (Å²) in [5, 5.41) is 3.03. The third-order valence-corrected chi connectivity index (χ3v) is 8.53. The highest BCUT2D eigenvalue weighted by Gasteiger charge is 2.33. The molecule has 0 spiro atoms. The molecule has 0 aliphatic carbocycles. The molecule has 8 heteroatoms. The highest BCUT2D eigenvalue weighted by molar-refractivity contribution is 7.99. The van der Waals surface area contributed by atoms with Crippen molar-refractivity contribution in [2.75, 3.05) is 25.5 Å². The van der Waals surface area contributed by atoms with E-state index in [1.165, 1.54) is 23.5 Å². The van der Waals surface area contributed by atoms with E-state index in [9.17, 15) is 13.2 Å². The van der Waals surface area contributed by atoms with E-state index >= 15 is 0 Å². The molecule has 3 aromatic carbocycles. The molecule has 172 valence electrons. The van der Waals surface area contributed by atoms with E-state index in [4.69, 9.17) is 4.74 Å². The van der Waals surface area contributed by atoms with Gasteiger partial charge < -0.3 is 10.1 Å². The number of nitrogens with one attached hydrogen (secondary N) is 1. The molecule has 0 unspecified atom stereocenters. The molecule has 0 saturated carbocycles. The molecule has 0 bridgehead atoms. The Bertz CT molecular complexity index is 1200. The molecule has 4 rings (SSSR count). The molecular formula is C25H26N2O4S2. The topological polar surface area (TPSA) is 75.7 Å². The van der Waals surface area contributed by atoms with Gasteiger partial charge in [-0.15, -0.1) is 0 Å². The quantitative estimate of drug-likeness (QED) is 0.519. The van der Waals surface area contributed by atoms with Gasteiger partial charge in [0.15, 0.2) is 0 Å². The van der Waals surface area contributed by atoms with E-state index in [2.05, 4.69) is 5.32 Å². The summed E-state index contributed by atoms with van der Waals surface area (Å²) in [6.07, 6.45) is 1.28. The number of anilines is 1. The fourth-order valence-corrected chi connectivity index (χ4v) is 6.23. The van der Waals surface area contributed by atoms with Crippen LogP contribution in [0.2, 0.25) is 0 Å². The third-order valence-electron chi connectivity index (χ3n) is 5.57. The van der Waals surface area contributed by atoms with E-state index in [1.54, 1.807) is 23.9 Å². The van der Waals surface area contributed by atoms with Crippen LogP contribution in [-0.2, 0) is 14.8 Å². The fraction of sp³-hybridized carbons (Fsp3) is 0.240. The lowest BCUT2D eigenvalue weighted by Crippen LogP contribution is -2.43. The van der Waals surface area contributed by atoms with Gasteiger partial charge in [-0.25, -0.2) is 8.42 Å². The Balaban J connectivity index is 1.46. The largest absolute Gasteiger partial charge is 0.497 e. The number of sulfonamides is 1. The maximum atomic E-state index is 13.1. The number of nitrogens with zero attached hydrogens (tertiary/aromatic N) is 1. The predicted molar refractivity (Wildman–Crippen MR) is 130 cm³/mol. The summed E-state index contributed by atoms with van der Waals surface area (Å²) in [6, 6.07) is 23.9. The zero-order chi connectivity index (χ0) is 23.3. The van der Waals surface area contributed by atoms with Gasteiger partial charge in [0.2, 0.25) is 15.9 Å². The Labute approximate surface area is 199 Å². The molecule has 33 heavy (non-hydrogen) atoms. The van der Waals surface area contributed by atoms with Crippen molar-refractivity contribution in [3.8, 4) is 5.75 Å². The van der Waals surface area contributed by atoms with Crippen molar-refractivity contribution in [1.29, 1.82) is 0 Å². The Morgan fingerprint density at radius 3 is 2.42 bits per heavy atom. The minimum Gasteiger partial charge on any atom is -0.497 e. The number of methoxy groups -OCH3 is 1. The molecule has 1 atom stereocenters. The number of amides is 1. The first kappa shape index (κ1) is 23.4. The van der Waals surface area contributed by atoms with Crippen LogP contribution in [0.15, 0.2) is 93.5 Å². The van der Waals surface area contributed by atoms with Gasteiger partial charge in [-0.05, 0) is 61.4 Å². The average Bonchev–Trinajstić information content (AvgIpc) is 2.86. The van der Waals surface area contributed by atoms with E-state index in [0.29, 0.717) is 25.1 Å². The second kappa shape index (κ2) is 10.4. The molecule has 0 radical (unpaired) electrons. The van der Waals surface area contributed by atoms with Gasteiger partial charge in [-0.1, -0.05) is 42.1 Å². The van der Waals surface area contributed by atoms with E-state index in [1.807, 2.05) is 54.6 Å². The Hall–Kier alpha value is -2.81. The summed E-state index contributed by atoms with van der Waals surface area (Å²) >= 11 is 1.58. The molecule has 0 aromatic heterocycles. The maximum Gasteiger partial charge on any atom is 0.243 e. The number of para-hydroxylation sites is 1. The first-order chi connectivity index (χ1) is 16.0. The standard InChI is InChI=1S/C25H26N2O4S2/c1-31-20-13-15-22(16-14-20)33(29,30)27-17-7-8-19(18-27)25(28)26-23-11-5-6-12-24(23)32-21-9-3-2-4-10-21/h2-6,9-16,19H,7-8,17-18H2,1H3,(H,26,28)/t19-/m0/s1.